The van der Waals surface area contributed by atoms with Gasteiger partial charge in [0.2, 0.25) is 6.29 Å². The monoisotopic (exact) mass is 478 g/mol. The minimum atomic E-state index is -1.71. The van der Waals surface area contributed by atoms with Gasteiger partial charge in [-0.3, -0.25) is 0 Å². The number of benzene rings is 2. The van der Waals surface area contributed by atoms with Crippen molar-refractivity contribution in [1.82, 2.24) is 0 Å². The van der Waals surface area contributed by atoms with Crippen LogP contribution in [0.5, 0.6) is 23.0 Å². The van der Waals surface area contributed by atoms with Crippen molar-refractivity contribution in [2.24, 2.45) is 0 Å². The first-order valence-corrected chi connectivity index (χ1v) is 10.4. The minimum absolute atomic E-state index is 0.0541. The number of hydrogen-bond acceptors (Lipinski definition) is 11. The lowest BCUT2D eigenvalue weighted by Gasteiger charge is -2.41. The van der Waals surface area contributed by atoms with E-state index in [9.17, 15) is 40.2 Å². The third-order valence-electron chi connectivity index (χ3n) is 5.31. The zero-order chi connectivity index (χ0) is 25.0. The van der Waals surface area contributed by atoms with Crippen LogP contribution in [0.4, 0.5) is 0 Å². The average Bonchev–Trinajstić information content (AvgIpc) is 2.81. The molecule has 0 saturated carbocycles. The summed E-state index contributed by atoms with van der Waals surface area (Å²) in [5.74, 6) is -3.18. The van der Waals surface area contributed by atoms with Crippen molar-refractivity contribution in [3.63, 3.8) is 0 Å². The Hall–Kier alpha value is -3.38. The predicted octanol–water partition coefficient (Wildman–Crippen LogP) is 0.368. The van der Waals surface area contributed by atoms with Crippen LogP contribution in [-0.2, 0) is 20.7 Å². The zero-order valence-electron chi connectivity index (χ0n) is 18.2. The van der Waals surface area contributed by atoms with Crippen LogP contribution in [0.25, 0.3) is 0 Å². The summed E-state index contributed by atoms with van der Waals surface area (Å²) in [5.41, 5.74) is 0.526. The van der Waals surface area contributed by atoms with Crippen LogP contribution in [0.2, 0.25) is 0 Å². The lowest BCUT2D eigenvalue weighted by atomic mass is 9.99. The molecule has 1 heterocycles. The van der Waals surface area contributed by atoms with Crippen LogP contribution < -0.4 is 4.74 Å². The number of aryl methyl sites for hydroxylation is 1. The molecular weight excluding hydrogens is 452 g/mol. The molecule has 6 N–H and O–H groups in total. The molecule has 2 aromatic rings. The molecule has 5 atom stereocenters. The average molecular weight is 478 g/mol. The molecule has 0 radical (unpaired) electrons. The van der Waals surface area contributed by atoms with E-state index in [2.05, 4.69) is 0 Å². The Kier molecular flexibility index (Phi) is 7.94. The first-order chi connectivity index (χ1) is 16.1. The van der Waals surface area contributed by atoms with Crippen molar-refractivity contribution in [2.75, 3.05) is 6.61 Å². The van der Waals surface area contributed by atoms with Gasteiger partial charge < -0.3 is 49.6 Å². The molecule has 3 rings (SSSR count). The maximum absolute atomic E-state index is 12.6. The Morgan fingerprint density at radius 2 is 1.62 bits per heavy atom. The third-order valence-corrected chi connectivity index (χ3v) is 5.31. The first kappa shape index (κ1) is 25.2. The third kappa shape index (κ3) is 5.75. The molecule has 2 aromatic carbocycles. The zero-order valence-corrected chi connectivity index (χ0v) is 18.2. The molecule has 0 spiro atoms. The van der Waals surface area contributed by atoms with E-state index in [1.54, 1.807) is 24.3 Å². The number of carbonyl (C=O) groups is 2. The predicted molar refractivity (Wildman–Crippen MR) is 114 cm³/mol. The van der Waals surface area contributed by atoms with Gasteiger partial charge >= 0.3 is 5.97 Å². The summed E-state index contributed by atoms with van der Waals surface area (Å²) in [6, 6.07) is 8.29. The molecule has 184 valence electrons. The molecule has 0 aliphatic carbocycles. The van der Waals surface area contributed by atoms with Gasteiger partial charge in [0.05, 0.1) is 12.2 Å². The van der Waals surface area contributed by atoms with E-state index in [1.807, 2.05) is 0 Å². The molecule has 11 nitrogen and oxygen atoms in total. The lowest BCUT2D eigenvalue weighted by molar-refractivity contribution is -0.276. The number of carbonyl (C=O) groups excluding carboxylic acids is 2. The molecule has 34 heavy (non-hydrogen) atoms. The molecule has 0 aromatic heterocycles. The van der Waals surface area contributed by atoms with Crippen LogP contribution in [0.1, 0.15) is 29.3 Å². The second kappa shape index (κ2) is 10.7. The largest absolute Gasteiger partial charge is 0.504 e. The topological polar surface area (TPSA) is 183 Å². The van der Waals surface area contributed by atoms with E-state index in [0.29, 0.717) is 12.8 Å². The maximum Gasteiger partial charge on any atom is 0.339 e. The summed E-state index contributed by atoms with van der Waals surface area (Å²) < 4.78 is 16.5. The second-order valence-electron chi connectivity index (χ2n) is 7.90. The van der Waals surface area contributed by atoms with Gasteiger partial charge in [-0.15, -0.1) is 0 Å². The minimum Gasteiger partial charge on any atom is -0.504 e. The highest BCUT2D eigenvalue weighted by Gasteiger charge is 2.48. The van der Waals surface area contributed by atoms with Gasteiger partial charge in [-0.2, -0.15) is 0 Å². The van der Waals surface area contributed by atoms with Crippen molar-refractivity contribution < 1.29 is 54.4 Å². The number of rotatable bonds is 8. The Balaban J connectivity index is 1.80. The Labute approximate surface area is 194 Å². The fourth-order valence-corrected chi connectivity index (χ4v) is 3.38. The number of aromatic hydroxyl groups is 3. The smallest absolute Gasteiger partial charge is 0.339 e. The van der Waals surface area contributed by atoms with Crippen molar-refractivity contribution in [3.8, 4) is 23.0 Å². The highest BCUT2D eigenvalue weighted by atomic mass is 16.7. The van der Waals surface area contributed by atoms with E-state index in [1.165, 1.54) is 6.92 Å². The van der Waals surface area contributed by atoms with Crippen molar-refractivity contribution in [1.29, 1.82) is 0 Å². The number of aliphatic hydroxyl groups is 3. The highest BCUT2D eigenvalue weighted by molar-refractivity contribution is 5.91. The number of phenolic OH excluding ortho intramolecular Hbond substituents is 3. The number of ether oxygens (including phenoxy) is 3. The standard InChI is InChI=1S/C23H26O11/c1-11(25)2-3-12-4-6-14(7-5-12)32-23-21(20(30)19(29)17(10-24)33-23)34-22(31)13-8-15(26)18(28)16(27)9-13/h4-9,17,19-21,23-24,26-30H,2-3,10H2,1H3. The summed E-state index contributed by atoms with van der Waals surface area (Å²) in [6.07, 6.45) is -6.64. The molecule has 5 unspecified atom stereocenters. The van der Waals surface area contributed by atoms with E-state index in [4.69, 9.17) is 14.2 Å². The maximum atomic E-state index is 12.6. The van der Waals surface area contributed by atoms with Crippen LogP contribution in [0.3, 0.4) is 0 Å². The Morgan fingerprint density at radius 3 is 2.18 bits per heavy atom. The van der Waals surface area contributed by atoms with Gasteiger partial charge in [-0.05, 0) is 43.2 Å². The van der Waals surface area contributed by atoms with E-state index in [0.717, 1.165) is 17.7 Å². The summed E-state index contributed by atoms with van der Waals surface area (Å²) in [7, 11) is 0. The quantitative estimate of drug-likeness (QED) is 0.228. The highest BCUT2D eigenvalue weighted by Crippen LogP contribution is 2.36. The molecule has 1 aliphatic heterocycles. The van der Waals surface area contributed by atoms with Crippen molar-refractivity contribution in [2.45, 2.75) is 50.5 Å². The SMILES string of the molecule is CC(=O)CCc1ccc(OC2OC(CO)C(O)C(O)C2OC(=O)c2cc(O)c(O)c(O)c2)cc1. The molecule has 0 bridgehead atoms. The summed E-state index contributed by atoms with van der Waals surface area (Å²) in [4.78, 5) is 23.8. The Bertz CT molecular complexity index is 997. The fraction of sp³-hybridized carbons (Fsp3) is 0.391. The van der Waals surface area contributed by atoms with Gasteiger partial charge in [-0.1, -0.05) is 12.1 Å². The van der Waals surface area contributed by atoms with Gasteiger partial charge in [0.25, 0.3) is 0 Å². The molecule has 0 amide bonds. The summed E-state index contributed by atoms with van der Waals surface area (Å²) >= 11 is 0. The van der Waals surface area contributed by atoms with Crippen LogP contribution in [0, 0.1) is 0 Å². The number of Topliss-reactive ketones (excluding diaryl/α,β-unsaturated/α-hetero) is 1. The molecule has 1 saturated heterocycles. The molecule has 1 fully saturated rings. The number of aliphatic hydroxyl groups excluding tert-OH is 3. The molecular formula is C23H26O11. The summed E-state index contributed by atoms with van der Waals surface area (Å²) in [6.45, 7) is 0.847. The van der Waals surface area contributed by atoms with Gasteiger partial charge in [-0.25, -0.2) is 4.79 Å². The van der Waals surface area contributed by atoms with Gasteiger partial charge in [0, 0.05) is 6.42 Å². The summed E-state index contributed by atoms with van der Waals surface area (Å²) in [5, 5.41) is 58.9. The van der Waals surface area contributed by atoms with Gasteiger partial charge in [0.1, 0.15) is 29.8 Å². The van der Waals surface area contributed by atoms with Crippen LogP contribution in [0.15, 0.2) is 36.4 Å². The lowest BCUT2D eigenvalue weighted by Crippen LogP contribution is -2.61. The van der Waals surface area contributed by atoms with Crippen molar-refractivity contribution in [3.05, 3.63) is 47.5 Å². The normalized spacial score (nSPS) is 24.4. The number of ketones is 1. The number of esters is 1. The van der Waals surface area contributed by atoms with Gasteiger partial charge in [0.15, 0.2) is 23.4 Å². The first-order valence-electron chi connectivity index (χ1n) is 10.4. The van der Waals surface area contributed by atoms with E-state index < -0.39 is 60.5 Å². The second-order valence-corrected chi connectivity index (χ2v) is 7.90. The van der Waals surface area contributed by atoms with E-state index >= 15 is 0 Å². The number of phenols is 3. The van der Waals surface area contributed by atoms with Crippen molar-refractivity contribution >= 4 is 11.8 Å². The van der Waals surface area contributed by atoms with Crippen LogP contribution >= 0.6 is 0 Å². The molecule has 11 heteroatoms. The molecule has 1 aliphatic rings. The number of hydrogen-bond donors (Lipinski definition) is 6. The fourth-order valence-electron chi connectivity index (χ4n) is 3.38. The Morgan fingerprint density at radius 1 is 1.00 bits per heavy atom. The van der Waals surface area contributed by atoms with E-state index in [-0.39, 0.29) is 17.1 Å². The van der Waals surface area contributed by atoms with Crippen LogP contribution in [-0.4, -0.2) is 79.7 Å².